The van der Waals surface area contributed by atoms with Gasteiger partial charge >= 0.3 is 11.9 Å². The fraction of sp³-hybridized carbons (Fsp3) is 0.619. The van der Waals surface area contributed by atoms with Gasteiger partial charge in [0, 0.05) is 0 Å². The van der Waals surface area contributed by atoms with Crippen LogP contribution in [0.3, 0.4) is 0 Å². The number of aryl methyl sites for hydroxylation is 1. The van der Waals surface area contributed by atoms with Crippen LogP contribution in [0.1, 0.15) is 52.0 Å². The first-order valence-corrected chi connectivity index (χ1v) is 11.1. The Bertz CT molecular complexity index is 822. The lowest BCUT2D eigenvalue weighted by Crippen LogP contribution is -2.31. The lowest BCUT2D eigenvalue weighted by molar-refractivity contribution is -0.161. The van der Waals surface area contributed by atoms with Gasteiger partial charge in [0.2, 0.25) is 0 Å². The third-order valence-electron chi connectivity index (χ3n) is 4.81. The van der Waals surface area contributed by atoms with Crippen LogP contribution in [0, 0.1) is 18.8 Å². The normalized spacial score (nSPS) is 23.1. The maximum atomic E-state index is 12.7. The Balaban J connectivity index is 2.23. The summed E-state index contributed by atoms with van der Waals surface area (Å²) in [5.41, 5.74) is 0.268. The second-order valence-electron chi connectivity index (χ2n) is 8.48. The number of esters is 2. The van der Waals surface area contributed by atoms with Gasteiger partial charge in [0.05, 0.1) is 29.9 Å². The van der Waals surface area contributed by atoms with Gasteiger partial charge in [0.1, 0.15) is 5.60 Å². The average molecular weight is 427 g/mol. The van der Waals surface area contributed by atoms with E-state index in [1.165, 1.54) is 19.2 Å². The lowest BCUT2D eigenvalue weighted by atomic mass is 9.98. The van der Waals surface area contributed by atoms with Crippen molar-refractivity contribution in [2.75, 3.05) is 7.11 Å². The highest BCUT2D eigenvalue weighted by Gasteiger charge is 2.37. The van der Waals surface area contributed by atoms with Gasteiger partial charge in [-0.3, -0.25) is 13.8 Å². The monoisotopic (exact) mass is 426 g/mol. The third-order valence-corrected chi connectivity index (χ3v) is 6.18. The summed E-state index contributed by atoms with van der Waals surface area (Å²) >= 11 is 0. The molecule has 1 aliphatic rings. The van der Waals surface area contributed by atoms with Crippen LogP contribution in [0.25, 0.3) is 0 Å². The Morgan fingerprint density at radius 3 is 1.97 bits per heavy atom. The molecule has 0 N–H and O–H groups in total. The van der Waals surface area contributed by atoms with Crippen molar-refractivity contribution < 1.29 is 31.7 Å². The van der Waals surface area contributed by atoms with Crippen molar-refractivity contribution in [2.24, 2.45) is 11.8 Å². The minimum Gasteiger partial charge on any atom is -0.469 e. The first-order valence-electron chi connectivity index (χ1n) is 9.72. The van der Waals surface area contributed by atoms with Gasteiger partial charge in [0.25, 0.3) is 10.1 Å². The highest BCUT2D eigenvalue weighted by atomic mass is 32.2. The topological polar surface area (TPSA) is 96.0 Å². The fourth-order valence-electron chi connectivity index (χ4n) is 3.37. The molecule has 8 heteroatoms. The molecule has 0 amide bonds. The van der Waals surface area contributed by atoms with E-state index >= 15 is 0 Å². The van der Waals surface area contributed by atoms with Crippen LogP contribution in [0.2, 0.25) is 0 Å². The number of carbonyl (C=O) groups excluding carboxylic acids is 2. The van der Waals surface area contributed by atoms with Gasteiger partial charge in [0.15, 0.2) is 0 Å². The fourth-order valence-corrected chi connectivity index (χ4v) is 4.46. The van der Waals surface area contributed by atoms with Gasteiger partial charge in [-0.25, -0.2) is 0 Å². The van der Waals surface area contributed by atoms with Crippen LogP contribution in [-0.2, 0) is 33.4 Å². The predicted molar refractivity (Wildman–Crippen MR) is 107 cm³/mol. The van der Waals surface area contributed by atoms with Gasteiger partial charge in [-0.2, -0.15) is 8.42 Å². The standard InChI is InChI=1S/C21H30O7S/c1-14-6-10-18(11-7-14)29(24,25)28-17-12-15(19(22)26-5)8-9-16(13-17)20(23)27-21(2,3)4/h6-7,10-11,15-17H,8-9,12-13H2,1-5H3/t15-,16?,17+/m0/s1. The second kappa shape index (κ2) is 9.26. The van der Waals surface area contributed by atoms with Gasteiger partial charge in [-0.15, -0.1) is 0 Å². The number of benzene rings is 1. The molecule has 2 rings (SSSR count). The van der Waals surface area contributed by atoms with Crippen molar-refractivity contribution in [3.63, 3.8) is 0 Å². The first kappa shape index (κ1) is 23.3. The Morgan fingerprint density at radius 1 is 0.966 bits per heavy atom. The van der Waals surface area contributed by atoms with E-state index in [1.807, 2.05) is 6.92 Å². The molecule has 1 aromatic rings. The van der Waals surface area contributed by atoms with E-state index in [4.69, 9.17) is 13.7 Å². The van der Waals surface area contributed by atoms with Crippen molar-refractivity contribution >= 4 is 22.1 Å². The maximum Gasteiger partial charge on any atom is 0.309 e. The van der Waals surface area contributed by atoms with Crippen LogP contribution in [0.15, 0.2) is 29.2 Å². The third kappa shape index (κ3) is 6.82. The molecule has 0 aromatic heterocycles. The molecular formula is C21H30O7S. The first-order chi connectivity index (χ1) is 13.4. The van der Waals surface area contributed by atoms with Crippen molar-refractivity contribution in [3.05, 3.63) is 29.8 Å². The molecule has 0 aliphatic heterocycles. The van der Waals surface area contributed by atoms with E-state index in [2.05, 4.69) is 0 Å². The molecule has 1 aromatic carbocycles. The predicted octanol–water partition coefficient (Wildman–Crippen LogP) is 3.39. The molecule has 1 fully saturated rings. The maximum absolute atomic E-state index is 12.7. The van der Waals surface area contributed by atoms with E-state index in [9.17, 15) is 18.0 Å². The Labute approximate surface area is 172 Å². The molecule has 0 spiro atoms. The van der Waals surface area contributed by atoms with Gasteiger partial charge in [-0.05, 0) is 65.5 Å². The molecular weight excluding hydrogens is 396 g/mol. The van der Waals surface area contributed by atoms with Gasteiger partial charge in [-0.1, -0.05) is 17.7 Å². The van der Waals surface area contributed by atoms with E-state index in [0.29, 0.717) is 12.8 Å². The molecule has 7 nitrogen and oxygen atoms in total. The molecule has 162 valence electrons. The number of carbonyl (C=O) groups is 2. The minimum absolute atomic E-state index is 0.0378. The molecule has 1 unspecified atom stereocenters. The lowest BCUT2D eigenvalue weighted by Gasteiger charge is -2.24. The largest absolute Gasteiger partial charge is 0.469 e. The molecule has 0 heterocycles. The summed E-state index contributed by atoms with van der Waals surface area (Å²) in [4.78, 5) is 24.7. The summed E-state index contributed by atoms with van der Waals surface area (Å²) in [7, 11) is -2.75. The number of ether oxygens (including phenoxy) is 2. The van der Waals surface area contributed by atoms with E-state index < -0.39 is 45.6 Å². The summed E-state index contributed by atoms with van der Waals surface area (Å²) in [5, 5.41) is 0. The van der Waals surface area contributed by atoms with Crippen LogP contribution < -0.4 is 0 Å². The van der Waals surface area contributed by atoms with Crippen molar-refractivity contribution in [1.82, 2.24) is 0 Å². The van der Waals surface area contributed by atoms with E-state index in [0.717, 1.165) is 5.56 Å². The van der Waals surface area contributed by atoms with Crippen molar-refractivity contribution in [1.29, 1.82) is 0 Å². The van der Waals surface area contributed by atoms with Crippen LogP contribution in [0.5, 0.6) is 0 Å². The Hall–Kier alpha value is -1.93. The highest BCUT2D eigenvalue weighted by molar-refractivity contribution is 7.86. The highest BCUT2D eigenvalue weighted by Crippen LogP contribution is 2.33. The molecule has 3 atom stereocenters. The summed E-state index contributed by atoms with van der Waals surface area (Å²) in [6, 6.07) is 6.32. The summed E-state index contributed by atoms with van der Waals surface area (Å²) in [6.07, 6.45) is 0.301. The summed E-state index contributed by atoms with van der Waals surface area (Å²) in [6.45, 7) is 7.17. The number of rotatable bonds is 5. The van der Waals surface area contributed by atoms with Crippen molar-refractivity contribution in [2.45, 2.75) is 70.0 Å². The Kier molecular flexibility index (Phi) is 7.45. The quantitative estimate of drug-likeness (QED) is 0.404. The molecule has 29 heavy (non-hydrogen) atoms. The van der Waals surface area contributed by atoms with Gasteiger partial charge < -0.3 is 9.47 Å². The zero-order valence-electron chi connectivity index (χ0n) is 17.6. The minimum atomic E-state index is -4.04. The molecule has 0 radical (unpaired) electrons. The molecule has 0 saturated heterocycles. The number of hydrogen-bond donors (Lipinski definition) is 0. The second-order valence-corrected chi connectivity index (χ2v) is 10.1. The summed E-state index contributed by atoms with van der Waals surface area (Å²) in [5.74, 6) is -1.94. The zero-order valence-corrected chi connectivity index (χ0v) is 18.5. The van der Waals surface area contributed by atoms with E-state index in [-0.39, 0.29) is 17.7 Å². The zero-order chi connectivity index (χ0) is 21.8. The Morgan fingerprint density at radius 2 is 1.48 bits per heavy atom. The smallest absolute Gasteiger partial charge is 0.309 e. The number of hydrogen-bond acceptors (Lipinski definition) is 7. The van der Waals surface area contributed by atoms with Crippen LogP contribution >= 0.6 is 0 Å². The van der Waals surface area contributed by atoms with Crippen molar-refractivity contribution in [3.8, 4) is 0 Å². The summed E-state index contributed by atoms with van der Waals surface area (Å²) < 4.78 is 41.2. The SMILES string of the molecule is COC(=O)[C@H]1CCC(C(=O)OC(C)(C)C)C[C@H](OS(=O)(=O)c2ccc(C)cc2)C1. The number of methoxy groups -OCH3 is 1. The molecule has 0 bridgehead atoms. The molecule has 1 aliphatic carbocycles. The van der Waals surface area contributed by atoms with E-state index in [1.54, 1.807) is 32.9 Å². The van der Waals surface area contributed by atoms with Crippen LogP contribution in [0.4, 0.5) is 0 Å². The average Bonchev–Trinajstić information content (AvgIpc) is 2.82. The van der Waals surface area contributed by atoms with Crippen LogP contribution in [-0.4, -0.2) is 39.2 Å². The molecule has 1 saturated carbocycles.